The molecule has 1 saturated carbocycles. The number of nitrogens with one attached hydrogen (secondary N) is 1. The summed E-state index contributed by atoms with van der Waals surface area (Å²) in [6.45, 7) is 3.16. The van der Waals surface area contributed by atoms with Gasteiger partial charge in [-0.1, -0.05) is 30.7 Å². The number of hydrogen-bond donors (Lipinski definition) is 1. The molecule has 88 valence electrons. The molecule has 1 fully saturated rings. The molecule has 1 aliphatic carbocycles. The predicted octanol–water partition coefficient (Wildman–Crippen LogP) is 4.09. The van der Waals surface area contributed by atoms with Crippen molar-refractivity contribution in [1.29, 1.82) is 0 Å². The van der Waals surface area contributed by atoms with Gasteiger partial charge in [-0.15, -0.1) is 11.8 Å². The molecule has 1 aromatic rings. The van der Waals surface area contributed by atoms with E-state index in [-0.39, 0.29) is 0 Å². The van der Waals surface area contributed by atoms with Crippen molar-refractivity contribution in [2.24, 2.45) is 0 Å². The maximum absolute atomic E-state index is 6.25. The smallest absolute Gasteiger partial charge is 0.0545 e. The lowest BCUT2D eigenvalue weighted by Crippen LogP contribution is -2.15. The first-order valence-electron chi connectivity index (χ1n) is 5.95. The number of rotatable bonds is 6. The van der Waals surface area contributed by atoms with Crippen LogP contribution >= 0.6 is 23.4 Å². The minimum absolute atomic E-state index is 0.753. The van der Waals surface area contributed by atoms with E-state index in [1.807, 2.05) is 23.9 Å². The Morgan fingerprint density at radius 1 is 1.44 bits per heavy atom. The second kappa shape index (κ2) is 5.95. The van der Waals surface area contributed by atoms with Crippen LogP contribution in [0.1, 0.15) is 31.7 Å². The Kier molecular flexibility index (Phi) is 4.56. The van der Waals surface area contributed by atoms with Crippen molar-refractivity contribution in [3.05, 3.63) is 28.8 Å². The van der Waals surface area contributed by atoms with Crippen LogP contribution in [0.3, 0.4) is 0 Å². The number of benzene rings is 1. The zero-order chi connectivity index (χ0) is 11.4. The van der Waals surface area contributed by atoms with Gasteiger partial charge < -0.3 is 5.32 Å². The highest BCUT2D eigenvalue weighted by atomic mass is 35.5. The summed E-state index contributed by atoms with van der Waals surface area (Å²) >= 11 is 8.12. The Labute approximate surface area is 107 Å². The number of halogens is 1. The van der Waals surface area contributed by atoms with Crippen LogP contribution in [0, 0.1) is 0 Å². The third-order valence-corrected chi connectivity index (χ3v) is 4.47. The van der Waals surface area contributed by atoms with E-state index in [9.17, 15) is 0 Å². The molecule has 0 heterocycles. The SMILES string of the molecule is CCCSc1c(Cl)cccc1CNC1CC1. The molecular weight excluding hydrogens is 238 g/mol. The van der Waals surface area contributed by atoms with Gasteiger partial charge >= 0.3 is 0 Å². The van der Waals surface area contributed by atoms with Gasteiger partial charge in [-0.2, -0.15) is 0 Å². The fraction of sp³-hybridized carbons (Fsp3) is 0.538. The van der Waals surface area contributed by atoms with Gasteiger partial charge in [0.25, 0.3) is 0 Å². The Morgan fingerprint density at radius 2 is 2.25 bits per heavy atom. The van der Waals surface area contributed by atoms with E-state index in [0.29, 0.717) is 0 Å². The lowest BCUT2D eigenvalue weighted by molar-refractivity contribution is 0.680. The topological polar surface area (TPSA) is 12.0 Å². The Balaban J connectivity index is 2.04. The third kappa shape index (κ3) is 3.41. The van der Waals surface area contributed by atoms with Gasteiger partial charge in [0.15, 0.2) is 0 Å². The first-order valence-corrected chi connectivity index (χ1v) is 7.31. The third-order valence-electron chi connectivity index (χ3n) is 2.66. The summed E-state index contributed by atoms with van der Waals surface area (Å²) in [7, 11) is 0. The van der Waals surface area contributed by atoms with Gasteiger partial charge in [0.2, 0.25) is 0 Å². The minimum Gasteiger partial charge on any atom is -0.310 e. The van der Waals surface area contributed by atoms with Crippen LogP contribution in [0.4, 0.5) is 0 Å². The van der Waals surface area contributed by atoms with E-state index in [1.54, 1.807) is 0 Å². The first-order chi connectivity index (χ1) is 7.81. The standard InChI is InChI=1S/C13H18ClNS/c1-2-8-16-13-10(4-3-5-12(13)14)9-15-11-6-7-11/h3-5,11,15H,2,6-9H2,1H3. The van der Waals surface area contributed by atoms with Crippen LogP contribution in [0.15, 0.2) is 23.1 Å². The lowest BCUT2D eigenvalue weighted by Gasteiger charge is -2.11. The first kappa shape index (κ1) is 12.3. The molecule has 0 spiro atoms. The molecule has 0 atom stereocenters. The van der Waals surface area contributed by atoms with E-state index in [2.05, 4.69) is 18.3 Å². The minimum atomic E-state index is 0.753. The second-order valence-corrected chi connectivity index (χ2v) is 5.74. The van der Waals surface area contributed by atoms with Crippen molar-refractivity contribution in [2.75, 3.05) is 5.75 Å². The van der Waals surface area contributed by atoms with Gasteiger partial charge in [-0.3, -0.25) is 0 Å². The lowest BCUT2D eigenvalue weighted by atomic mass is 10.2. The molecule has 2 rings (SSSR count). The highest BCUT2D eigenvalue weighted by Gasteiger charge is 2.20. The van der Waals surface area contributed by atoms with Crippen molar-refractivity contribution in [1.82, 2.24) is 5.32 Å². The molecule has 1 N–H and O–H groups in total. The molecule has 0 unspecified atom stereocenters. The molecule has 1 aliphatic rings. The molecule has 3 heteroatoms. The van der Waals surface area contributed by atoms with Crippen LogP contribution < -0.4 is 5.32 Å². The van der Waals surface area contributed by atoms with Crippen molar-refractivity contribution in [3.63, 3.8) is 0 Å². The molecule has 0 saturated heterocycles. The quantitative estimate of drug-likeness (QED) is 0.769. The fourth-order valence-electron chi connectivity index (χ4n) is 1.60. The van der Waals surface area contributed by atoms with E-state index in [1.165, 1.54) is 29.7 Å². The van der Waals surface area contributed by atoms with Gasteiger partial charge in [-0.05, 0) is 36.6 Å². The molecular formula is C13H18ClNS. The van der Waals surface area contributed by atoms with Crippen molar-refractivity contribution >= 4 is 23.4 Å². The molecule has 0 aliphatic heterocycles. The summed E-state index contributed by atoms with van der Waals surface area (Å²) in [6.07, 6.45) is 3.85. The Morgan fingerprint density at radius 3 is 2.94 bits per heavy atom. The summed E-state index contributed by atoms with van der Waals surface area (Å²) < 4.78 is 0. The highest BCUT2D eigenvalue weighted by molar-refractivity contribution is 7.99. The maximum Gasteiger partial charge on any atom is 0.0545 e. The van der Waals surface area contributed by atoms with Crippen LogP contribution in [-0.2, 0) is 6.54 Å². The molecule has 0 amide bonds. The van der Waals surface area contributed by atoms with E-state index >= 15 is 0 Å². The summed E-state index contributed by atoms with van der Waals surface area (Å²) in [5.74, 6) is 1.14. The summed E-state index contributed by atoms with van der Waals surface area (Å²) in [4.78, 5) is 1.26. The number of thioether (sulfide) groups is 1. The van der Waals surface area contributed by atoms with Crippen LogP contribution in [-0.4, -0.2) is 11.8 Å². The Bertz CT molecular complexity index is 350. The van der Waals surface area contributed by atoms with Crippen molar-refractivity contribution < 1.29 is 0 Å². The van der Waals surface area contributed by atoms with E-state index in [4.69, 9.17) is 11.6 Å². The van der Waals surface area contributed by atoms with Crippen LogP contribution in [0.5, 0.6) is 0 Å². The monoisotopic (exact) mass is 255 g/mol. The van der Waals surface area contributed by atoms with Gasteiger partial charge in [0.1, 0.15) is 0 Å². The van der Waals surface area contributed by atoms with Gasteiger partial charge in [0, 0.05) is 17.5 Å². The average molecular weight is 256 g/mol. The second-order valence-electron chi connectivity index (χ2n) is 4.23. The zero-order valence-electron chi connectivity index (χ0n) is 9.63. The highest BCUT2D eigenvalue weighted by Crippen LogP contribution is 2.31. The molecule has 0 radical (unpaired) electrons. The molecule has 1 aromatic carbocycles. The molecule has 0 aromatic heterocycles. The van der Waals surface area contributed by atoms with Gasteiger partial charge in [-0.25, -0.2) is 0 Å². The maximum atomic E-state index is 6.25. The molecule has 0 bridgehead atoms. The van der Waals surface area contributed by atoms with Crippen molar-refractivity contribution in [2.45, 2.75) is 43.7 Å². The largest absolute Gasteiger partial charge is 0.310 e. The van der Waals surface area contributed by atoms with E-state index in [0.717, 1.165) is 23.4 Å². The van der Waals surface area contributed by atoms with Crippen LogP contribution in [0.2, 0.25) is 5.02 Å². The Hall–Kier alpha value is -0.180. The summed E-state index contributed by atoms with van der Waals surface area (Å²) in [5, 5.41) is 4.44. The van der Waals surface area contributed by atoms with Gasteiger partial charge in [0.05, 0.1) is 5.02 Å². The fourth-order valence-corrected chi connectivity index (χ4v) is 2.90. The summed E-state index contributed by atoms with van der Waals surface area (Å²) in [6, 6.07) is 6.96. The predicted molar refractivity (Wildman–Crippen MR) is 72.3 cm³/mol. The normalized spacial score (nSPS) is 15.4. The zero-order valence-corrected chi connectivity index (χ0v) is 11.2. The van der Waals surface area contributed by atoms with Crippen molar-refractivity contribution in [3.8, 4) is 0 Å². The number of hydrogen-bond acceptors (Lipinski definition) is 2. The molecule has 1 nitrogen and oxygen atoms in total. The molecule has 16 heavy (non-hydrogen) atoms. The van der Waals surface area contributed by atoms with E-state index < -0.39 is 0 Å². The average Bonchev–Trinajstić information content (AvgIpc) is 3.09. The van der Waals surface area contributed by atoms with Crippen LogP contribution in [0.25, 0.3) is 0 Å². The summed E-state index contributed by atoms with van der Waals surface area (Å²) in [5.41, 5.74) is 1.35.